The van der Waals surface area contributed by atoms with Crippen LogP contribution in [0.15, 0.2) is 17.1 Å². The van der Waals surface area contributed by atoms with Gasteiger partial charge in [0, 0.05) is 32.4 Å². The zero-order chi connectivity index (χ0) is 15.7. The fraction of sp³-hybridized carbons (Fsp3) is 0.600. The van der Waals surface area contributed by atoms with Gasteiger partial charge in [-0.05, 0) is 26.0 Å². The fourth-order valence-corrected chi connectivity index (χ4v) is 3.39. The maximum Gasteiger partial charge on any atom is 0.266 e. The second-order valence-electron chi connectivity index (χ2n) is 6.13. The van der Waals surface area contributed by atoms with E-state index < -0.39 is 0 Å². The number of likely N-dealkylation sites (N-methyl/N-ethyl adjacent to an activating group) is 1. The Bertz CT molecular complexity index is 623. The summed E-state index contributed by atoms with van der Waals surface area (Å²) >= 11 is 5.79. The number of morpholine rings is 1. The Hall–Kier alpha value is -1.37. The first-order chi connectivity index (χ1) is 10.5. The Morgan fingerprint density at radius 3 is 2.73 bits per heavy atom. The molecule has 0 aliphatic carbocycles. The lowest BCUT2D eigenvalue weighted by atomic mass is 9.89. The highest BCUT2D eigenvalue weighted by atomic mass is 35.5. The fourth-order valence-electron chi connectivity index (χ4n) is 3.22. The van der Waals surface area contributed by atoms with E-state index in [4.69, 9.17) is 16.3 Å². The topological polar surface area (TPSA) is 65.6 Å². The molecule has 6 nitrogen and oxygen atoms in total. The van der Waals surface area contributed by atoms with Gasteiger partial charge in [0.25, 0.3) is 11.5 Å². The van der Waals surface area contributed by atoms with Gasteiger partial charge in [-0.25, -0.2) is 0 Å². The van der Waals surface area contributed by atoms with Gasteiger partial charge in [0.05, 0.1) is 17.8 Å². The number of piperidine rings is 1. The van der Waals surface area contributed by atoms with E-state index in [1.54, 1.807) is 4.90 Å². The number of ether oxygens (including phenoxy) is 1. The molecule has 0 bridgehead atoms. The Kier molecular flexibility index (Phi) is 4.25. The van der Waals surface area contributed by atoms with Crippen LogP contribution in [0.5, 0.6) is 0 Å². The monoisotopic (exact) mass is 325 g/mol. The van der Waals surface area contributed by atoms with E-state index in [1.165, 1.54) is 12.3 Å². The van der Waals surface area contributed by atoms with Crippen molar-refractivity contribution < 1.29 is 9.53 Å². The van der Waals surface area contributed by atoms with Crippen LogP contribution in [0.1, 0.15) is 23.2 Å². The smallest absolute Gasteiger partial charge is 0.266 e. The summed E-state index contributed by atoms with van der Waals surface area (Å²) in [6.45, 7) is 3.94. The van der Waals surface area contributed by atoms with Gasteiger partial charge in [-0.15, -0.1) is 0 Å². The molecule has 120 valence electrons. The maximum atomic E-state index is 12.5. The van der Waals surface area contributed by atoms with Crippen molar-refractivity contribution in [1.29, 1.82) is 0 Å². The van der Waals surface area contributed by atoms with Gasteiger partial charge in [-0.1, -0.05) is 11.6 Å². The summed E-state index contributed by atoms with van der Waals surface area (Å²) in [7, 11) is 2.10. The molecule has 2 fully saturated rings. The van der Waals surface area contributed by atoms with Crippen LogP contribution in [-0.4, -0.2) is 66.1 Å². The van der Waals surface area contributed by atoms with Crippen LogP contribution in [-0.2, 0) is 4.74 Å². The first-order valence-electron chi connectivity index (χ1n) is 7.49. The minimum absolute atomic E-state index is 0.0385. The van der Waals surface area contributed by atoms with Crippen molar-refractivity contribution in [2.24, 2.45) is 0 Å². The quantitative estimate of drug-likeness (QED) is 0.835. The second kappa shape index (κ2) is 6.02. The molecular formula is C15H20ClN3O3. The number of carbonyl (C=O) groups is 1. The Balaban J connectivity index is 1.66. The summed E-state index contributed by atoms with van der Waals surface area (Å²) < 4.78 is 6.00. The predicted molar refractivity (Wildman–Crippen MR) is 83.4 cm³/mol. The van der Waals surface area contributed by atoms with Crippen LogP contribution in [0.4, 0.5) is 0 Å². The summed E-state index contributed by atoms with van der Waals surface area (Å²) in [5.41, 5.74) is -0.0800. The predicted octanol–water partition coefficient (Wildman–Crippen LogP) is 0.965. The standard InChI is InChI=1S/C15H20ClN3O3/c1-18-6-7-22-15(10-18)2-4-19(5-3-15)14(21)11-8-12(16)13(20)17-9-11/h8-9H,2-7,10H2,1H3,(H,17,20). The number of rotatable bonds is 1. The molecule has 0 unspecified atom stereocenters. The summed E-state index contributed by atoms with van der Waals surface area (Å²) in [5, 5.41) is 0.0385. The van der Waals surface area contributed by atoms with Gasteiger partial charge in [0.15, 0.2) is 0 Å². The van der Waals surface area contributed by atoms with Crippen LogP contribution >= 0.6 is 11.6 Å². The number of aromatic amines is 1. The molecule has 0 radical (unpaired) electrons. The van der Waals surface area contributed by atoms with Gasteiger partial charge < -0.3 is 19.5 Å². The number of pyridine rings is 1. The molecule has 2 saturated heterocycles. The third-order valence-electron chi connectivity index (χ3n) is 4.51. The Morgan fingerprint density at radius 2 is 2.09 bits per heavy atom. The lowest BCUT2D eigenvalue weighted by Crippen LogP contribution is -2.56. The second-order valence-corrected chi connectivity index (χ2v) is 6.53. The van der Waals surface area contributed by atoms with Gasteiger partial charge in [-0.2, -0.15) is 0 Å². The first kappa shape index (κ1) is 15.5. The van der Waals surface area contributed by atoms with Crippen molar-refractivity contribution >= 4 is 17.5 Å². The minimum atomic E-state index is -0.380. The van der Waals surface area contributed by atoms with E-state index in [0.29, 0.717) is 18.7 Å². The molecule has 1 N–H and O–H groups in total. The van der Waals surface area contributed by atoms with Gasteiger partial charge in [-0.3, -0.25) is 9.59 Å². The third-order valence-corrected chi connectivity index (χ3v) is 4.79. The molecule has 0 atom stereocenters. The van der Waals surface area contributed by atoms with Crippen molar-refractivity contribution in [3.63, 3.8) is 0 Å². The molecule has 22 heavy (non-hydrogen) atoms. The number of aromatic nitrogens is 1. The molecule has 2 aliphatic heterocycles. The zero-order valence-corrected chi connectivity index (χ0v) is 13.4. The third kappa shape index (κ3) is 3.04. The molecule has 2 aliphatic rings. The number of hydrogen-bond donors (Lipinski definition) is 1. The summed E-state index contributed by atoms with van der Waals surface area (Å²) in [6.07, 6.45) is 3.09. The number of nitrogens with zero attached hydrogens (tertiary/aromatic N) is 2. The Labute approximate surface area is 134 Å². The number of halogens is 1. The van der Waals surface area contributed by atoms with Gasteiger partial charge in [0.1, 0.15) is 5.02 Å². The number of likely N-dealkylation sites (tertiary alicyclic amines) is 1. The van der Waals surface area contributed by atoms with Crippen LogP contribution in [0, 0.1) is 0 Å². The van der Waals surface area contributed by atoms with Crippen molar-refractivity contribution in [2.45, 2.75) is 18.4 Å². The number of hydrogen-bond acceptors (Lipinski definition) is 4. The summed E-state index contributed by atoms with van der Waals surface area (Å²) in [6, 6.07) is 1.43. The SMILES string of the molecule is CN1CCOC2(CCN(C(=O)c3c[nH]c(=O)c(Cl)c3)CC2)C1. The highest BCUT2D eigenvalue weighted by Crippen LogP contribution is 2.30. The highest BCUT2D eigenvalue weighted by molar-refractivity contribution is 6.30. The molecule has 7 heteroatoms. The van der Waals surface area contributed by atoms with Crippen LogP contribution in [0.2, 0.25) is 5.02 Å². The van der Waals surface area contributed by atoms with E-state index in [9.17, 15) is 9.59 Å². The van der Waals surface area contributed by atoms with E-state index in [1.807, 2.05) is 0 Å². The van der Waals surface area contributed by atoms with Gasteiger partial charge in [0.2, 0.25) is 0 Å². The van der Waals surface area contributed by atoms with E-state index >= 15 is 0 Å². The lowest BCUT2D eigenvalue weighted by Gasteiger charge is -2.46. The minimum Gasteiger partial charge on any atom is -0.372 e. The van der Waals surface area contributed by atoms with E-state index in [-0.39, 0.29) is 22.1 Å². The molecule has 0 saturated carbocycles. The summed E-state index contributed by atoms with van der Waals surface area (Å²) in [4.78, 5) is 30.3. The van der Waals surface area contributed by atoms with Crippen molar-refractivity contribution in [3.8, 4) is 0 Å². The molecule has 0 aromatic carbocycles. The molecule has 3 rings (SSSR count). The number of amides is 1. The van der Waals surface area contributed by atoms with E-state index in [2.05, 4.69) is 16.9 Å². The highest BCUT2D eigenvalue weighted by Gasteiger charge is 2.39. The van der Waals surface area contributed by atoms with E-state index in [0.717, 1.165) is 32.5 Å². The first-order valence-corrected chi connectivity index (χ1v) is 7.87. The molecule has 1 amide bonds. The maximum absolute atomic E-state index is 12.5. The normalized spacial score (nSPS) is 22.0. The number of H-pyrrole nitrogens is 1. The summed E-state index contributed by atoms with van der Waals surface area (Å²) in [5.74, 6) is -0.0998. The van der Waals surface area contributed by atoms with Crippen molar-refractivity contribution in [2.75, 3.05) is 39.8 Å². The molecule has 1 spiro atoms. The lowest BCUT2D eigenvalue weighted by molar-refractivity contribution is -0.127. The van der Waals surface area contributed by atoms with Gasteiger partial charge >= 0.3 is 0 Å². The van der Waals surface area contributed by atoms with Crippen LogP contribution in [0.25, 0.3) is 0 Å². The average Bonchev–Trinajstić information content (AvgIpc) is 2.50. The largest absolute Gasteiger partial charge is 0.372 e. The van der Waals surface area contributed by atoms with Crippen molar-refractivity contribution in [3.05, 3.63) is 33.2 Å². The molecular weight excluding hydrogens is 306 g/mol. The van der Waals surface area contributed by atoms with Crippen LogP contribution in [0.3, 0.4) is 0 Å². The zero-order valence-electron chi connectivity index (χ0n) is 12.6. The van der Waals surface area contributed by atoms with Crippen LogP contribution < -0.4 is 5.56 Å². The molecule has 3 heterocycles. The Morgan fingerprint density at radius 1 is 1.36 bits per heavy atom. The average molecular weight is 326 g/mol. The van der Waals surface area contributed by atoms with Crippen molar-refractivity contribution in [1.82, 2.24) is 14.8 Å². The number of carbonyl (C=O) groups excluding carboxylic acids is 1. The molecule has 1 aromatic heterocycles. The number of nitrogens with one attached hydrogen (secondary N) is 1. The molecule has 1 aromatic rings.